The molecule has 10 nitrogen and oxygen atoms in total. The van der Waals surface area contributed by atoms with Gasteiger partial charge in [0.25, 0.3) is 10.0 Å². The van der Waals surface area contributed by atoms with Gasteiger partial charge in [-0.3, -0.25) is 14.4 Å². The molecule has 1 heterocycles. The van der Waals surface area contributed by atoms with Gasteiger partial charge in [0.1, 0.15) is 17.6 Å². The summed E-state index contributed by atoms with van der Waals surface area (Å²) in [6, 6.07) is 7.08. The first kappa shape index (κ1) is 30.6. The van der Waals surface area contributed by atoms with E-state index in [-0.39, 0.29) is 23.7 Å². The second kappa shape index (κ2) is 10.9. The van der Waals surface area contributed by atoms with Crippen LogP contribution in [0.3, 0.4) is 0 Å². The van der Waals surface area contributed by atoms with Crippen molar-refractivity contribution in [1.29, 1.82) is 0 Å². The zero-order valence-electron chi connectivity index (χ0n) is 21.0. The molecular formula is C23H23F6N3O7S. The number of sulfonamides is 1. The fraction of sp³-hybridized carbons (Fsp3) is 0.391. The van der Waals surface area contributed by atoms with Crippen molar-refractivity contribution in [2.45, 2.75) is 49.9 Å². The third-order valence-electron chi connectivity index (χ3n) is 5.37. The van der Waals surface area contributed by atoms with Crippen molar-refractivity contribution < 1.29 is 58.6 Å². The molecule has 0 radical (unpaired) electrons. The number of hydrogen-bond donors (Lipinski definition) is 2. The number of benzene rings is 2. The van der Waals surface area contributed by atoms with Gasteiger partial charge in [0.2, 0.25) is 11.5 Å². The number of ether oxygens (including phenoxy) is 3. The molecule has 0 saturated carbocycles. The molecule has 1 aliphatic heterocycles. The number of hydrogen-bond acceptors (Lipinski definition) is 7. The highest BCUT2D eigenvalue weighted by Crippen LogP contribution is 2.40. The molecule has 0 aromatic heterocycles. The molecule has 40 heavy (non-hydrogen) atoms. The molecular weight excluding hydrogens is 576 g/mol. The van der Waals surface area contributed by atoms with Crippen molar-refractivity contribution in [2.75, 3.05) is 22.7 Å². The molecule has 1 aliphatic rings. The summed E-state index contributed by atoms with van der Waals surface area (Å²) in [6.45, 7) is 1.90. The van der Waals surface area contributed by atoms with Crippen LogP contribution in [-0.2, 0) is 19.6 Å². The van der Waals surface area contributed by atoms with Gasteiger partial charge in [-0.25, -0.2) is 13.2 Å². The van der Waals surface area contributed by atoms with E-state index in [1.165, 1.54) is 19.1 Å². The van der Waals surface area contributed by atoms with Gasteiger partial charge in [-0.2, -0.15) is 13.2 Å². The number of nitrogens with zero attached hydrogens (tertiary/aromatic N) is 1. The second-order valence-corrected chi connectivity index (χ2v) is 10.8. The standard InChI is InChI=1S/C23H23F6N3O7S/c1-13(33)30-11-16-12-32(40(35,36)17-6-4-5-15(10-17)38-23(27,28)29)18-9-14(7-8-19(18)37-16)31-20(34)39-21(2,3)22(24,25)26/h4-10,16H,11-12H2,1-3H3,(H,30,33)(H,31,34). The molecule has 2 N–H and O–H groups in total. The van der Waals surface area contributed by atoms with Gasteiger partial charge in [0.05, 0.1) is 23.7 Å². The number of carbonyl (C=O) groups excluding carboxylic acids is 2. The number of halogens is 6. The summed E-state index contributed by atoms with van der Waals surface area (Å²) in [5, 5.41) is 4.55. The minimum atomic E-state index is -5.09. The SMILES string of the molecule is CC(=O)NCC1CN(S(=O)(=O)c2cccc(OC(F)(F)F)c2)c2cc(NC(=O)OC(C)(C)C(F)(F)F)ccc2O1. The molecule has 0 saturated heterocycles. The van der Waals surface area contributed by atoms with E-state index in [4.69, 9.17) is 4.74 Å². The zero-order valence-corrected chi connectivity index (χ0v) is 21.8. The van der Waals surface area contributed by atoms with Gasteiger partial charge >= 0.3 is 18.6 Å². The van der Waals surface area contributed by atoms with Gasteiger partial charge in [0, 0.05) is 18.7 Å². The number of rotatable bonds is 7. The quantitative estimate of drug-likeness (QED) is 0.447. The number of anilines is 2. The molecule has 1 unspecified atom stereocenters. The summed E-state index contributed by atoms with van der Waals surface area (Å²) in [5.41, 5.74) is -3.22. The topological polar surface area (TPSA) is 123 Å². The molecule has 3 rings (SSSR count). The lowest BCUT2D eigenvalue weighted by atomic mass is 10.1. The monoisotopic (exact) mass is 599 g/mol. The van der Waals surface area contributed by atoms with Gasteiger partial charge in [-0.1, -0.05) is 6.07 Å². The van der Waals surface area contributed by atoms with E-state index in [1.807, 2.05) is 0 Å². The number of fused-ring (bicyclic) bond motifs is 1. The summed E-state index contributed by atoms with van der Waals surface area (Å²) >= 11 is 0. The van der Waals surface area contributed by atoms with E-state index in [0.29, 0.717) is 19.9 Å². The third kappa shape index (κ3) is 7.40. The molecule has 2 amide bonds. The van der Waals surface area contributed by atoms with Crippen molar-refractivity contribution in [1.82, 2.24) is 5.32 Å². The van der Waals surface area contributed by atoms with Gasteiger partial charge < -0.3 is 19.5 Å². The lowest BCUT2D eigenvalue weighted by Gasteiger charge is -2.36. The Morgan fingerprint density at radius 1 is 1.07 bits per heavy atom. The Morgan fingerprint density at radius 2 is 1.75 bits per heavy atom. The molecule has 0 fully saturated rings. The van der Waals surface area contributed by atoms with E-state index in [9.17, 15) is 44.3 Å². The first-order valence-electron chi connectivity index (χ1n) is 11.3. The Balaban J connectivity index is 1.98. The average Bonchev–Trinajstić information content (AvgIpc) is 2.80. The van der Waals surface area contributed by atoms with Crippen LogP contribution in [0.15, 0.2) is 47.4 Å². The Labute approximate surface area is 224 Å². The van der Waals surface area contributed by atoms with Gasteiger partial charge in [0.15, 0.2) is 0 Å². The molecule has 0 spiro atoms. The van der Waals surface area contributed by atoms with Gasteiger partial charge in [-0.15, -0.1) is 13.2 Å². The summed E-state index contributed by atoms with van der Waals surface area (Å²) in [7, 11) is -4.62. The van der Waals surface area contributed by atoms with Crippen molar-refractivity contribution in [3.63, 3.8) is 0 Å². The molecule has 220 valence electrons. The predicted molar refractivity (Wildman–Crippen MR) is 127 cm³/mol. The minimum Gasteiger partial charge on any atom is -0.484 e. The maximum atomic E-state index is 13.6. The van der Waals surface area contributed by atoms with Crippen molar-refractivity contribution in [3.05, 3.63) is 42.5 Å². The molecule has 2 aromatic rings. The first-order valence-corrected chi connectivity index (χ1v) is 12.7. The van der Waals surface area contributed by atoms with Crippen molar-refractivity contribution >= 4 is 33.4 Å². The van der Waals surface area contributed by atoms with Crippen molar-refractivity contribution in [2.24, 2.45) is 0 Å². The maximum Gasteiger partial charge on any atom is 0.573 e. The highest BCUT2D eigenvalue weighted by molar-refractivity contribution is 7.92. The largest absolute Gasteiger partial charge is 0.573 e. The number of amides is 2. The van der Waals surface area contributed by atoms with E-state index < -0.39 is 63.5 Å². The van der Waals surface area contributed by atoms with Crippen LogP contribution in [0.25, 0.3) is 0 Å². The fourth-order valence-electron chi connectivity index (χ4n) is 3.37. The Hall–Kier alpha value is -3.89. The summed E-state index contributed by atoms with van der Waals surface area (Å²) in [4.78, 5) is 22.9. The second-order valence-electron chi connectivity index (χ2n) is 8.94. The number of nitrogens with one attached hydrogen (secondary N) is 2. The van der Waals surface area contributed by atoms with Crippen molar-refractivity contribution in [3.8, 4) is 11.5 Å². The maximum absolute atomic E-state index is 13.6. The Bertz CT molecular complexity index is 1380. The smallest absolute Gasteiger partial charge is 0.484 e. The highest BCUT2D eigenvalue weighted by Gasteiger charge is 2.51. The van der Waals surface area contributed by atoms with Gasteiger partial charge in [-0.05, 0) is 44.2 Å². The molecule has 1 atom stereocenters. The average molecular weight is 600 g/mol. The van der Waals surface area contributed by atoms with Crippen LogP contribution in [0.4, 0.5) is 42.5 Å². The summed E-state index contributed by atoms with van der Waals surface area (Å²) in [6.07, 6.45) is -12.4. The summed E-state index contributed by atoms with van der Waals surface area (Å²) in [5.74, 6) is -1.31. The molecule has 17 heteroatoms. The first-order chi connectivity index (χ1) is 18.3. The fourth-order valence-corrected chi connectivity index (χ4v) is 4.91. The highest BCUT2D eigenvalue weighted by atomic mass is 32.2. The Kier molecular flexibility index (Phi) is 8.38. The lowest BCUT2D eigenvalue weighted by molar-refractivity contribution is -0.274. The van der Waals surface area contributed by atoms with Crippen LogP contribution < -0.4 is 24.4 Å². The Morgan fingerprint density at radius 3 is 2.35 bits per heavy atom. The molecule has 0 bridgehead atoms. The van der Waals surface area contributed by atoms with Crippen LogP contribution in [0, 0.1) is 0 Å². The number of carbonyl (C=O) groups is 2. The molecule has 0 aliphatic carbocycles. The van der Waals surface area contributed by atoms with E-state index in [1.54, 1.807) is 0 Å². The zero-order chi connectivity index (χ0) is 30.1. The normalized spacial score (nSPS) is 15.9. The van der Waals surface area contributed by atoms with E-state index >= 15 is 0 Å². The third-order valence-corrected chi connectivity index (χ3v) is 7.15. The lowest BCUT2D eigenvalue weighted by Crippen LogP contribution is -2.48. The van der Waals surface area contributed by atoms with E-state index in [0.717, 1.165) is 28.6 Å². The van der Waals surface area contributed by atoms with Crippen LogP contribution in [0.1, 0.15) is 20.8 Å². The van der Waals surface area contributed by atoms with Crippen LogP contribution in [0.2, 0.25) is 0 Å². The molecule has 2 aromatic carbocycles. The number of alkyl halides is 6. The van der Waals surface area contributed by atoms with Crippen LogP contribution in [-0.4, -0.2) is 57.8 Å². The summed E-state index contributed by atoms with van der Waals surface area (Å²) < 4.78 is 119. The van der Waals surface area contributed by atoms with Crippen LogP contribution in [0.5, 0.6) is 11.5 Å². The van der Waals surface area contributed by atoms with E-state index in [2.05, 4.69) is 20.1 Å². The minimum absolute atomic E-state index is 0.0672. The predicted octanol–water partition coefficient (Wildman–Crippen LogP) is 4.57. The van der Waals surface area contributed by atoms with Crippen LogP contribution >= 0.6 is 0 Å².